The molecule has 100 valence electrons. The number of carbonyl (C=O) groups excluding carboxylic acids is 2. The molecule has 1 aromatic carbocycles. The van der Waals surface area contributed by atoms with E-state index in [-0.39, 0.29) is 6.42 Å². The van der Waals surface area contributed by atoms with Gasteiger partial charge in [-0.3, -0.25) is 9.59 Å². The van der Waals surface area contributed by atoms with Gasteiger partial charge in [0.1, 0.15) is 0 Å². The van der Waals surface area contributed by atoms with Crippen molar-refractivity contribution in [3.8, 4) is 0 Å². The fourth-order valence-electron chi connectivity index (χ4n) is 1.94. The summed E-state index contributed by atoms with van der Waals surface area (Å²) in [7, 11) is 0. The van der Waals surface area contributed by atoms with Crippen molar-refractivity contribution in [2.45, 2.75) is 26.1 Å². The molecule has 0 aromatic heterocycles. The van der Waals surface area contributed by atoms with Gasteiger partial charge in [-0.15, -0.1) is 0 Å². The molecule has 0 unspecified atom stereocenters. The van der Waals surface area contributed by atoms with E-state index in [0.717, 1.165) is 11.1 Å². The Hall–Kier alpha value is -2.10. The van der Waals surface area contributed by atoms with E-state index in [4.69, 9.17) is 9.47 Å². The number of esters is 2. The van der Waals surface area contributed by atoms with Gasteiger partial charge >= 0.3 is 11.9 Å². The zero-order valence-electron chi connectivity index (χ0n) is 11.0. The summed E-state index contributed by atoms with van der Waals surface area (Å²) in [6.07, 6.45) is 2.01. The summed E-state index contributed by atoms with van der Waals surface area (Å²) < 4.78 is 10.2. The number of hydrogen-bond acceptors (Lipinski definition) is 4. The van der Waals surface area contributed by atoms with Crippen LogP contribution in [0, 0.1) is 5.92 Å². The number of hydrogen-bond donors (Lipinski definition) is 0. The fourth-order valence-corrected chi connectivity index (χ4v) is 1.94. The number of cyclic esters (lactones) is 2. The molecule has 0 saturated carbocycles. The molecule has 1 fully saturated rings. The highest BCUT2D eigenvalue weighted by atomic mass is 16.7. The topological polar surface area (TPSA) is 52.6 Å². The summed E-state index contributed by atoms with van der Waals surface area (Å²) in [5, 5.41) is 0. The van der Waals surface area contributed by atoms with Crippen LogP contribution in [-0.2, 0) is 25.5 Å². The Kier molecular flexibility index (Phi) is 3.42. The number of carbonyl (C=O) groups is 2. The molecule has 0 amide bonds. The van der Waals surface area contributed by atoms with Crippen molar-refractivity contribution in [1.82, 2.24) is 0 Å². The van der Waals surface area contributed by atoms with Gasteiger partial charge in [0.25, 0.3) is 5.79 Å². The third kappa shape index (κ3) is 3.02. The Morgan fingerprint density at radius 2 is 1.68 bits per heavy atom. The highest BCUT2D eigenvalue weighted by molar-refractivity contribution is 5.96. The molecule has 4 nitrogen and oxygen atoms in total. The van der Waals surface area contributed by atoms with Crippen molar-refractivity contribution in [1.29, 1.82) is 0 Å². The number of rotatable bonds is 3. The van der Waals surface area contributed by atoms with Crippen LogP contribution in [0.15, 0.2) is 30.8 Å². The van der Waals surface area contributed by atoms with Crippen LogP contribution in [0.5, 0.6) is 0 Å². The van der Waals surface area contributed by atoms with Crippen LogP contribution >= 0.6 is 0 Å². The molecule has 4 heteroatoms. The third-order valence-corrected chi connectivity index (χ3v) is 2.92. The van der Waals surface area contributed by atoms with E-state index >= 15 is 0 Å². The maximum atomic E-state index is 11.8. The summed E-state index contributed by atoms with van der Waals surface area (Å²) in [6.45, 7) is 6.75. The van der Waals surface area contributed by atoms with E-state index in [1.807, 2.05) is 24.3 Å². The lowest BCUT2D eigenvalue weighted by Crippen LogP contribution is -2.46. The normalized spacial score (nSPS) is 18.6. The van der Waals surface area contributed by atoms with E-state index in [2.05, 4.69) is 6.58 Å². The molecular formula is C15H16O4. The summed E-state index contributed by atoms with van der Waals surface area (Å²) >= 11 is 0. The van der Waals surface area contributed by atoms with Gasteiger partial charge in [0.05, 0.1) is 0 Å². The molecule has 0 aliphatic carbocycles. The van der Waals surface area contributed by atoms with Crippen molar-refractivity contribution >= 4 is 18.0 Å². The highest BCUT2D eigenvalue weighted by Crippen LogP contribution is 2.25. The molecule has 19 heavy (non-hydrogen) atoms. The second kappa shape index (κ2) is 4.88. The molecule has 1 aliphatic heterocycles. The minimum Gasteiger partial charge on any atom is -0.422 e. The lowest BCUT2D eigenvalue weighted by molar-refractivity contribution is -0.239. The first kappa shape index (κ1) is 13.3. The van der Waals surface area contributed by atoms with Crippen LogP contribution in [0.3, 0.4) is 0 Å². The van der Waals surface area contributed by atoms with Crippen LogP contribution in [0.4, 0.5) is 0 Å². The Morgan fingerprint density at radius 3 is 2.16 bits per heavy atom. The van der Waals surface area contributed by atoms with E-state index in [1.165, 1.54) is 13.8 Å². The molecule has 1 saturated heterocycles. The first-order valence-electron chi connectivity index (χ1n) is 6.08. The second-order valence-corrected chi connectivity index (χ2v) is 4.94. The summed E-state index contributed by atoms with van der Waals surface area (Å²) in [5.74, 6) is -3.12. The molecule has 0 radical (unpaired) electrons. The monoisotopic (exact) mass is 260 g/mol. The predicted molar refractivity (Wildman–Crippen MR) is 70.0 cm³/mol. The first-order chi connectivity index (χ1) is 8.91. The first-order valence-corrected chi connectivity index (χ1v) is 6.08. The quantitative estimate of drug-likeness (QED) is 0.618. The van der Waals surface area contributed by atoms with Crippen LogP contribution < -0.4 is 0 Å². The van der Waals surface area contributed by atoms with Crippen molar-refractivity contribution in [2.24, 2.45) is 5.92 Å². The Balaban J connectivity index is 2.11. The van der Waals surface area contributed by atoms with Crippen LogP contribution in [-0.4, -0.2) is 17.7 Å². The summed E-state index contributed by atoms with van der Waals surface area (Å²) in [4.78, 5) is 23.6. The fraction of sp³-hybridized carbons (Fsp3) is 0.333. The molecular weight excluding hydrogens is 244 g/mol. The number of ether oxygens (including phenoxy) is 2. The van der Waals surface area contributed by atoms with E-state index in [1.54, 1.807) is 6.08 Å². The van der Waals surface area contributed by atoms with Gasteiger partial charge < -0.3 is 9.47 Å². The van der Waals surface area contributed by atoms with Crippen LogP contribution in [0.1, 0.15) is 25.0 Å². The van der Waals surface area contributed by atoms with Gasteiger partial charge in [0, 0.05) is 13.8 Å². The van der Waals surface area contributed by atoms with Gasteiger partial charge in [-0.1, -0.05) is 36.9 Å². The summed E-state index contributed by atoms with van der Waals surface area (Å²) in [5.41, 5.74) is 1.86. The van der Waals surface area contributed by atoms with E-state index in [0.29, 0.717) is 0 Å². The van der Waals surface area contributed by atoms with Crippen molar-refractivity contribution in [2.75, 3.05) is 0 Å². The second-order valence-electron chi connectivity index (χ2n) is 4.94. The maximum Gasteiger partial charge on any atom is 0.323 e. The predicted octanol–water partition coefficient (Wildman–Crippen LogP) is 2.32. The summed E-state index contributed by atoms with van der Waals surface area (Å²) in [6, 6.07) is 7.48. The van der Waals surface area contributed by atoms with Gasteiger partial charge in [-0.25, -0.2) is 0 Å². The molecule has 1 heterocycles. The Labute approximate surface area is 112 Å². The zero-order valence-corrected chi connectivity index (χ0v) is 11.0. The van der Waals surface area contributed by atoms with Gasteiger partial charge in [-0.2, -0.15) is 0 Å². The van der Waals surface area contributed by atoms with Gasteiger partial charge in [0.2, 0.25) is 0 Å². The largest absolute Gasteiger partial charge is 0.422 e. The van der Waals surface area contributed by atoms with E-state index < -0.39 is 23.6 Å². The molecule has 0 atom stereocenters. The lowest BCUT2D eigenvalue weighted by Gasteiger charge is -2.32. The molecule has 0 bridgehead atoms. The minimum absolute atomic E-state index is 0.283. The Bertz CT molecular complexity index is 493. The zero-order chi connectivity index (χ0) is 14.0. The maximum absolute atomic E-state index is 11.8. The number of benzene rings is 1. The molecule has 0 N–H and O–H groups in total. The Morgan fingerprint density at radius 1 is 1.16 bits per heavy atom. The lowest BCUT2D eigenvalue weighted by atomic mass is 9.97. The van der Waals surface area contributed by atoms with E-state index in [9.17, 15) is 9.59 Å². The van der Waals surface area contributed by atoms with Gasteiger partial charge in [0.15, 0.2) is 5.92 Å². The van der Waals surface area contributed by atoms with Crippen molar-refractivity contribution < 1.29 is 19.1 Å². The average molecular weight is 260 g/mol. The standard InChI is InChI=1S/C15H16O4/c1-4-10-5-7-11(8-6-10)9-12-13(16)18-15(2,3)19-14(12)17/h4-8,12H,1,9H2,2-3H3. The third-order valence-electron chi connectivity index (χ3n) is 2.92. The van der Waals surface area contributed by atoms with Gasteiger partial charge in [-0.05, 0) is 17.5 Å². The SMILES string of the molecule is C=Cc1ccc(CC2C(=O)OC(C)(C)OC2=O)cc1. The molecule has 1 aliphatic rings. The highest BCUT2D eigenvalue weighted by Gasteiger charge is 2.42. The smallest absolute Gasteiger partial charge is 0.323 e. The minimum atomic E-state index is -1.17. The van der Waals surface area contributed by atoms with Crippen LogP contribution in [0.25, 0.3) is 6.08 Å². The molecule has 0 spiro atoms. The van der Waals surface area contributed by atoms with Crippen molar-refractivity contribution in [3.05, 3.63) is 42.0 Å². The van der Waals surface area contributed by atoms with Crippen molar-refractivity contribution in [3.63, 3.8) is 0 Å². The average Bonchev–Trinajstić information content (AvgIpc) is 2.33. The molecule has 1 aromatic rings. The van der Waals surface area contributed by atoms with Crippen LogP contribution in [0.2, 0.25) is 0 Å². The molecule has 2 rings (SSSR count).